The molecular weight excluding hydrogens is 286 g/mol. The van der Waals surface area contributed by atoms with Gasteiger partial charge >= 0.3 is 0 Å². The Labute approximate surface area is 130 Å². The number of nitrogens with zero attached hydrogens (tertiary/aromatic N) is 1. The van der Waals surface area contributed by atoms with E-state index in [4.69, 9.17) is 20.8 Å². The number of benzene rings is 1. The summed E-state index contributed by atoms with van der Waals surface area (Å²) in [4.78, 5) is 4.50. The van der Waals surface area contributed by atoms with Crippen molar-refractivity contribution in [2.45, 2.75) is 41.9 Å². The van der Waals surface area contributed by atoms with Crippen molar-refractivity contribution in [1.29, 1.82) is 0 Å². The van der Waals surface area contributed by atoms with Gasteiger partial charge in [-0.15, -0.1) is 0 Å². The van der Waals surface area contributed by atoms with Crippen molar-refractivity contribution in [1.82, 2.24) is 0 Å². The highest BCUT2D eigenvalue weighted by molar-refractivity contribution is 8.01. The fraction of sp³-hybridized carbons (Fsp3) is 0.562. The second-order valence-corrected chi connectivity index (χ2v) is 6.46. The molecule has 1 aliphatic rings. The summed E-state index contributed by atoms with van der Waals surface area (Å²) >= 11 is 1.60. The lowest BCUT2D eigenvalue weighted by atomic mass is 9.95. The van der Waals surface area contributed by atoms with E-state index in [1.54, 1.807) is 33.1 Å². The molecule has 0 heterocycles. The molecule has 0 bridgehead atoms. The van der Waals surface area contributed by atoms with Crippen LogP contribution in [0, 0.1) is 6.57 Å². The van der Waals surface area contributed by atoms with Gasteiger partial charge in [0, 0.05) is 12.8 Å². The number of thioether (sulfide) groups is 1. The zero-order valence-corrected chi connectivity index (χ0v) is 13.6. The van der Waals surface area contributed by atoms with Gasteiger partial charge in [-0.2, -0.15) is 0 Å². The molecular formula is C16H21NO3S. The van der Waals surface area contributed by atoms with E-state index in [-0.39, 0.29) is 4.87 Å². The fourth-order valence-corrected chi connectivity index (χ4v) is 4.05. The van der Waals surface area contributed by atoms with E-state index in [1.165, 1.54) is 6.42 Å². The van der Waals surface area contributed by atoms with E-state index < -0.39 is 0 Å². The van der Waals surface area contributed by atoms with Crippen molar-refractivity contribution in [2.75, 3.05) is 21.3 Å². The maximum Gasteiger partial charge on any atom is 0.282 e. The van der Waals surface area contributed by atoms with E-state index in [1.807, 2.05) is 12.1 Å². The average molecular weight is 307 g/mol. The molecule has 0 amide bonds. The molecule has 114 valence electrons. The third-order valence-electron chi connectivity index (χ3n) is 3.81. The highest BCUT2D eigenvalue weighted by Crippen LogP contribution is 2.51. The van der Waals surface area contributed by atoms with Crippen LogP contribution in [0.3, 0.4) is 0 Å². The monoisotopic (exact) mass is 307 g/mol. The average Bonchev–Trinajstić information content (AvgIpc) is 2.55. The number of hydrogen-bond donors (Lipinski definition) is 0. The van der Waals surface area contributed by atoms with Crippen molar-refractivity contribution >= 4 is 11.8 Å². The van der Waals surface area contributed by atoms with Crippen LogP contribution in [-0.2, 0) is 0 Å². The Morgan fingerprint density at radius 2 is 1.67 bits per heavy atom. The highest BCUT2D eigenvalue weighted by Gasteiger charge is 2.40. The third kappa shape index (κ3) is 3.21. The molecule has 0 radical (unpaired) electrons. The van der Waals surface area contributed by atoms with Crippen LogP contribution in [0.15, 0.2) is 17.0 Å². The summed E-state index contributed by atoms with van der Waals surface area (Å²) in [6.45, 7) is 7.61. The second-order valence-electron chi connectivity index (χ2n) is 5.05. The van der Waals surface area contributed by atoms with E-state index in [2.05, 4.69) is 4.85 Å². The molecule has 0 atom stereocenters. The van der Waals surface area contributed by atoms with Gasteiger partial charge in [0.25, 0.3) is 4.87 Å². The summed E-state index contributed by atoms with van der Waals surface area (Å²) in [5.41, 5.74) is 0. The minimum absolute atomic E-state index is 0.370. The molecule has 1 aromatic carbocycles. The Bertz CT molecular complexity index is 533. The van der Waals surface area contributed by atoms with Crippen LogP contribution in [0.2, 0.25) is 0 Å². The lowest BCUT2D eigenvalue weighted by molar-refractivity contribution is 0.319. The lowest BCUT2D eigenvalue weighted by Crippen LogP contribution is -2.23. The first-order valence-electron chi connectivity index (χ1n) is 7.06. The summed E-state index contributed by atoms with van der Waals surface area (Å²) in [5, 5.41) is 0. The van der Waals surface area contributed by atoms with Crippen LogP contribution in [-0.4, -0.2) is 26.2 Å². The van der Waals surface area contributed by atoms with Crippen molar-refractivity contribution in [3.8, 4) is 17.2 Å². The Balaban J connectivity index is 2.37. The Morgan fingerprint density at radius 3 is 2.19 bits per heavy atom. The molecule has 0 aliphatic heterocycles. The lowest BCUT2D eigenvalue weighted by Gasteiger charge is -2.26. The van der Waals surface area contributed by atoms with Crippen LogP contribution >= 0.6 is 11.8 Å². The maximum absolute atomic E-state index is 7.61. The number of methoxy groups -OCH3 is 3. The van der Waals surface area contributed by atoms with Crippen LogP contribution in [0.25, 0.3) is 4.85 Å². The molecule has 21 heavy (non-hydrogen) atoms. The van der Waals surface area contributed by atoms with Crippen molar-refractivity contribution in [2.24, 2.45) is 0 Å². The molecule has 5 heteroatoms. The quantitative estimate of drug-likeness (QED) is 0.755. The molecule has 1 saturated carbocycles. The standard InChI is InChI=1S/C16H21NO3S/c1-17-16(10-6-5-7-11-16)21-13-9-8-12(18-2)14(19-3)15(13)20-4/h8-9H,5-7,10-11H2,2-4H3. The molecule has 0 saturated heterocycles. The predicted molar refractivity (Wildman–Crippen MR) is 84.4 cm³/mol. The number of ether oxygens (including phenoxy) is 3. The first-order valence-corrected chi connectivity index (χ1v) is 7.88. The van der Waals surface area contributed by atoms with Crippen molar-refractivity contribution < 1.29 is 14.2 Å². The summed E-state index contributed by atoms with van der Waals surface area (Å²) in [6.07, 6.45) is 5.31. The topological polar surface area (TPSA) is 32.0 Å². The molecule has 4 nitrogen and oxygen atoms in total. The van der Waals surface area contributed by atoms with Crippen molar-refractivity contribution in [3.63, 3.8) is 0 Å². The Morgan fingerprint density at radius 1 is 1.00 bits per heavy atom. The largest absolute Gasteiger partial charge is 0.493 e. The summed E-state index contributed by atoms with van der Waals surface area (Å²) < 4.78 is 16.2. The van der Waals surface area contributed by atoms with Gasteiger partial charge in [-0.1, -0.05) is 6.42 Å². The van der Waals surface area contributed by atoms with Crippen LogP contribution < -0.4 is 14.2 Å². The smallest absolute Gasteiger partial charge is 0.282 e. The molecule has 0 N–H and O–H groups in total. The zero-order valence-electron chi connectivity index (χ0n) is 12.8. The van der Waals surface area contributed by atoms with Crippen LogP contribution in [0.1, 0.15) is 32.1 Å². The summed E-state index contributed by atoms with van der Waals surface area (Å²) in [6, 6.07) is 3.82. The summed E-state index contributed by atoms with van der Waals surface area (Å²) in [5.74, 6) is 1.87. The SMILES string of the molecule is [C-]#[N+]C1(Sc2ccc(OC)c(OC)c2OC)CCCCC1. The Kier molecular flexibility index (Phi) is 5.24. The van der Waals surface area contributed by atoms with Crippen molar-refractivity contribution in [3.05, 3.63) is 23.5 Å². The molecule has 1 fully saturated rings. The first kappa shape index (κ1) is 15.8. The molecule has 1 aromatic rings. The second kappa shape index (κ2) is 6.95. The van der Waals surface area contributed by atoms with Gasteiger partial charge in [-0.25, -0.2) is 6.57 Å². The van der Waals surface area contributed by atoms with Gasteiger partial charge in [0.05, 0.1) is 26.2 Å². The fourth-order valence-electron chi connectivity index (χ4n) is 2.70. The number of hydrogen-bond acceptors (Lipinski definition) is 4. The molecule has 2 rings (SSSR count). The van der Waals surface area contributed by atoms with Crippen LogP contribution in [0.4, 0.5) is 0 Å². The van der Waals surface area contributed by atoms with Gasteiger partial charge < -0.3 is 14.2 Å². The zero-order chi connectivity index (χ0) is 15.3. The highest BCUT2D eigenvalue weighted by atomic mass is 32.2. The van der Waals surface area contributed by atoms with Gasteiger partial charge in [-0.3, -0.25) is 4.85 Å². The maximum atomic E-state index is 7.61. The van der Waals surface area contributed by atoms with Gasteiger partial charge in [-0.05, 0) is 36.7 Å². The normalized spacial score (nSPS) is 16.9. The minimum atomic E-state index is -0.370. The van der Waals surface area contributed by atoms with E-state index in [9.17, 15) is 0 Å². The van der Waals surface area contributed by atoms with E-state index in [0.717, 1.165) is 30.6 Å². The molecule has 0 aromatic heterocycles. The van der Waals surface area contributed by atoms with E-state index >= 15 is 0 Å². The molecule has 0 spiro atoms. The predicted octanol–water partition coefficient (Wildman–Crippen LogP) is 4.38. The van der Waals surface area contributed by atoms with Crippen LogP contribution in [0.5, 0.6) is 17.2 Å². The molecule has 1 aliphatic carbocycles. The first-order chi connectivity index (χ1) is 10.2. The van der Waals surface area contributed by atoms with Gasteiger partial charge in [0.2, 0.25) is 5.75 Å². The Hall–Kier alpha value is -1.54. The van der Waals surface area contributed by atoms with E-state index in [0.29, 0.717) is 17.2 Å². The molecule has 0 unspecified atom stereocenters. The van der Waals surface area contributed by atoms with Gasteiger partial charge in [0.15, 0.2) is 11.5 Å². The minimum Gasteiger partial charge on any atom is -0.493 e. The third-order valence-corrected chi connectivity index (χ3v) is 5.23. The summed E-state index contributed by atoms with van der Waals surface area (Å²) in [7, 11) is 4.82. The number of rotatable bonds is 5. The van der Waals surface area contributed by atoms with Gasteiger partial charge in [0.1, 0.15) is 0 Å².